The quantitative estimate of drug-likeness (QED) is 0.674. The summed E-state index contributed by atoms with van der Waals surface area (Å²) in [5.74, 6) is -0.589. The minimum Gasteiger partial charge on any atom is -0.455 e. The van der Waals surface area contributed by atoms with E-state index in [2.05, 4.69) is 10.5 Å². The third kappa shape index (κ3) is 3.89. The average Bonchev–Trinajstić information content (AvgIpc) is 3.33. The molecule has 4 rings (SSSR count). The molecular formula is C21H18N2O4S. The van der Waals surface area contributed by atoms with Crippen molar-refractivity contribution in [2.75, 3.05) is 0 Å². The van der Waals surface area contributed by atoms with Gasteiger partial charge >= 0.3 is 5.91 Å². The number of nitrogens with zero attached hydrogens (tertiary/aromatic N) is 1. The molecule has 1 amide bonds. The Morgan fingerprint density at radius 3 is 2.25 bits per heavy atom. The largest absolute Gasteiger partial charge is 0.455 e. The molecule has 0 saturated heterocycles. The number of benzene rings is 2. The number of hydrazone groups is 1. The van der Waals surface area contributed by atoms with Crippen LogP contribution in [0.3, 0.4) is 0 Å². The summed E-state index contributed by atoms with van der Waals surface area (Å²) in [5.41, 5.74) is 5.78. The minimum atomic E-state index is -3.53. The maximum Gasteiger partial charge on any atom is 0.307 e. The lowest BCUT2D eigenvalue weighted by Gasteiger charge is -2.02. The minimum absolute atomic E-state index is 0.0260. The van der Waals surface area contributed by atoms with Crippen molar-refractivity contribution < 1.29 is 17.6 Å². The van der Waals surface area contributed by atoms with Crippen LogP contribution >= 0.6 is 0 Å². The van der Waals surface area contributed by atoms with Gasteiger partial charge in [0.25, 0.3) is 0 Å². The highest BCUT2D eigenvalue weighted by atomic mass is 32.2. The molecule has 0 spiro atoms. The second-order valence-corrected chi connectivity index (χ2v) is 8.57. The van der Waals surface area contributed by atoms with Crippen molar-refractivity contribution >= 4 is 21.5 Å². The van der Waals surface area contributed by atoms with Gasteiger partial charge in [-0.1, -0.05) is 42.5 Å². The van der Waals surface area contributed by atoms with Gasteiger partial charge in [0.15, 0.2) is 15.6 Å². The smallest absolute Gasteiger partial charge is 0.307 e. The number of carbonyl (C=O) groups excluding carboxylic acids is 1. The lowest BCUT2D eigenvalue weighted by molar-refractivity contribution is 0.0925. The summed E-state index contributed by atoms with van der Waals surface area (Å²) in [5, 5.41) is 4.18. The summed E-state index contributed by atoms with van der Waals surface area (Å²) in [4.78, 5) is 12.5. The fourth-order valence-corrected chi connectivity index (χ4v) is 4.41. The number of nitrogens with one attached hydrogen (secondary N) is 1. The van der Waals surface area contributed by atoms with E-state index in [-0.39, 0.29) is 22.2 Å². The first-order valence-corrected chi connectivity index (χ1v) is 10.5. The zero-order valence-corrected chi connectivity index (χ0v) is 15.8. The molecule has 1 aliphatic rings. The second-order valence-electron chi connectivity index (χ2n) is 6.58. The van der Waals surface area contributed by atoms with Crippen LogP contribution < -0.4 is 5.43 Å². The van der Waals surface area contributed by atoms with Crippen LogP contribution in [0.15, 0.2) is 81.1 Å². The number of furan rings is 1. The van der Waals surface area contributed by atoms with Gasteiger partial charge in [0.05, 0.1) is 4.90 Å². The molecule has 6 nitrogen and oxygen atoms in total. The predicted molar refractivity (Wildman–Crippen MR) is 105 cm³/mol. The van der Waals surface area contributed by atoms with E-state index in [1.807, 2.05) is 24.3 Å². The summed E-state index contributed by atoms with van der Waals surface area (Å²) in [6, 6.07) is 19.1. The number of fused-ring (bicyclic) bond motifs is 1. The van der Waals surface area contributed by atoms with Crippen LogP contribution in [-0.2, 0) is 28.4 Å². The molecule has 1 heterocycles. The molecule has 2 aromatic carbocycles. The molecule has 28 heavy (non-hydrogen) atoms. The summed E-state index contributed by atoms with van der Waals surface area (Å²) < 4.78 is 30.2. The normalized spacial score (nSPS) is 13.2. The first-order chi connectivity index (χ1) is 13.5. The lowest BCUT2D eigenvalue weighted by atomic mass is 10.1. The van der Waals surface area contributed by atoms with Gasteiger partial charge in [-0.05, 0) is 35.4 Å². The van der Waals surface area contributed by atoms with Crippen molar-refractivity contribution in [2.24, 2.45) is 5.10 Å². The number of hydrogen-bond donors (Lipinski definition) is 1. The van der Waals surface area contributed by atoms with Crippen LogP contribution in [-0.4, -0.2) is 20.0 Å². The zero-order valence-electron chi connectivity index (χ0n) is 15.0. The standard InChI is InChI=1S/C21H18N2O4S/c24-21(23-22-17-12-15-6-4-5-7-16(15)13-17)20-11-10-18(27-20)14-28(25,26)19-8-2-1-3-9-19/h1-11H,12-14H2,(H,23,24). The fourth-order valence-electron chi connectivity index (χ4n) is 3.14. The Bertz CT molecular complexity index is 1120. The second kappa shape index (κ2) is 7.44. The van der Waals surface area contributed by atoms with Crippen molar-refractivity contribution in [3.05, 3.63) is 89.4 Å². The monoisotopic (exact) mass is 394 g/mol. The van der Waals surface area contributed by atoms with Gasteiger partial charge in [0.1, 0.15) is 11.5 Å². The number of carbonyl (C=O) groups is 1. The van der Waals surface area contributed by atoms with Gasteiger partial charge in [0.2, 0.25) is 0 Å². The van der Waals surface area contributed by atoms with Crippen molar-refractivity contribution in [1.29, 1.82) is 0 Å². The van der Waals surface area contributed by atoms with E-state index in [4.69, 9.17) is 4.42 Å². The summed E-state index contributed by atoms with van der Waals surface area (Å²) in [6.45, 7) is 0. The SMILES string of the molecule is O=C(NN=C1Cc2ccccc2C1)c1ccc(CS(=O)(=O)c2ccccc2)o1. The molecule has 0 unspecified atom stereocenters. The number of amides is 1. The summed E-state index contributed by atoms with van der Waals surface area (Å²) >= 11 is 0. The Kier molecular flexibility index (Phi) is 4.83. The molecule has 0 saturated carbocycles. The van der Waals surface area contributed by atoms with Crippen LogP contribution in [0.5, 0.6) is 0 Å². The maximum absolute atomic E-state index is 12.4. The van der Waals surface area contributed by atoms with Crippen LogP contribution in [0, 0.1) is 0 Å². The molecule has 0 aliphatic heterocycles. The molecule has 0 bridgehead atoms. The van der Waals surface area contributed by atoms with Crippen LogP contribution in [0.1, 0.15) is 27.4 Å². The van der Waals surface area contributed by atoms with E-state index in [9.17, 15) is 13.2 Å². The summed E-state index contributed by atoms with van der Waals surface area (Å²) in [7, 11) is -3.53. The zero-order chi connectivity index (χ0) is 19.6. The van der Waals surface area contributed by atoms with E-state index in [0.29, 0.717) is 12.8 Å². The Labute approximate surface area is 162 Å². The molecule has 7 heteroatoms. The lowest BCUT2D eigenvalue weighted by Crippen LogP contribution is -2.19. The van der Waals surface area contributed by atoms with Crippen molar-refractivity contribution in [3.63, 3.8) is 0 Å². The highest BCUT2D eigenvalue weighted by Gasteiger charge is 2.20. The molecule has 1 aliphatic carbocycles. The topological polar surface area (TPSA) is 88.7 Å². The maximum atomic E-state index is 12.4. The molecular weight excluding hydrogens is 376 g/mol. The Balaban J connectivity index is 1.41. The van der Waals surface area contributed by atoms with Crippen molar-refractivity contribution in [3.8, 4) is 0 Å². The first kappa shape index (κ1) is 18.2. The molecule has 0 radical (unpaired) electrons. The molecule has 142 valence electrons. The Morgan fingerprint density at radius 2 is 1.57 bits per heavy atom. The van der Waals surface area contributed by atoms with Gasteiger partial charge in [-0.2, -0.15) is 5.10 Å². The Hall–Kier alpha value is -3.19. The number of rotatable bonds is 5. The first-order valence-electron chi connectivity index (χ1n) is 8.80. The highest BCUT2D eigenvalue weighted by molar-refractivity contribution is 7.90. The average molecular weight is 394 g/mol. The molecule has 1 N–H and O–H groups in total. The van der Waals surface area contributed by atoms with Crippen LogP contribution in [0.25, 0.3) is 0 Å². The fraction of sp³-hybridized carbons (Fsp3) is 0.143. The third-order valence-electron chi connectivity index (χ3n) is 4.54. The van der Waals surface area contributed by atoms with Crippen molar-refractivity contribution in [2.45, 2.75) is 23.5 Å². The molecule has 0 fully saturated rings. The molecule has 0 atom stereocenters. The van der Waals surface area contributed by atoms with Gasteiger partial charge in [0, 0.05) is 18.6 Å². The summed E-state index contributed by atoms with van der Waals surface area (Å²) in [6.07, 6.45) is 1.41. The number of sulfone groups is 1. The highest BCUT2D eigenvalue weighted by Crippen LogP contribution is 2.20. The van der Waals surface area contributed by atoms with Gasteiger partial charge in [-0.15, -0.1) is 0 Å². The van der Waals surface area contributed by atoms with Crippen LogP contribution in [0.2, 0.25) is 0 Å². The van der Waals surface area contributed by atoms with Crippen molar-refractivity contribution in [1.82, 2.24) is 5.43 Å². The predicted octanol–water partition coefficient (Wildman–Crippen LogP) is 3.14. The third-order valence-corrected chi connectivity index (χ3v) is 6.20. The van der Waals surface area contributed by atoms with E-state index in [0.717, 1.165) is 5.71 Å². The van der Waals surface area contributed by atoms with Gasteiger partial charge in [-0.3, -0.25) is 4.79 Å². The van der Waals surface area contributed by atoms with E-state index in [1.54, 1.807) is 18.2 Å². The molecule has 3 aromatic rings. The Morgan fingerprint density at radius 1 is 0.929 bits per heavy atom. The van der Waals surface area contributed by atoms with Crippen LogP contribution in [0.4, 0.5) is 0 Å². The van der Waals surface area contributed by atoms with E-state index in [1.165, 1.54) is 35.4 Å². The van der Waals surface area contributed by atoms with E-state index < -0.39 is 15.7 Å². The van der Waals surface area contributed by atoms with Gasteiger partial charge < -0.3 is 4.42 Å². The van der Waals surface area contributed by atoms with E-state index >= 15 is 0 Å². The van der Waals surface area contributed by atoms with Gasteiger partial charge in [-0.25, -0.2) is 13.8 Å². The molecule has 1 aromatic heterocycles. The number of hydrogen-bond acceptors (Lipinski definition) is 5.